The topological polar surface area (TPSA) is 57.7 Å². The maximum Gasteiger partial charge on any atom is 0.306 e. The van der Waals surface area contributed by atoms with E-state index in [1.165, 1.54) is 6.07 Å². The van der Waals surface area contributed by atoms with Gasteiger partial charge >= 0.3 is 5.97 Å². The molecule has 2 aromatic rings. The molecule has 2 fully saturated rings. The highest BCUT2D eigenvalue weighted by molar-refractivity contribution is 5.70. The first kappa shape index (κ1) is 23.5. The van der Waals surface area contributed by atoms with Crippen LogP contribution in [-0.4, -0.2) is 31.3 Å². The zero-order chi connectivity index (χ0) is 23.2. The van der Waals surface area contributed by atoms with E-state index in [0.717, 1.165) is 49.8 Å². The second kappa shape index (κ2) is 11.0. The number of carbonyl (C=O) groups excluding carboxylic acids is 1. The van der Waals surface area contributed by atoms with Crippen LogP contribution in [-0.2, 0) is 9.53 Å². The van der Waals surface area contributed by atoms with Gasteiger partial charge in [-0.1, -0.05) is 6.07 Å². The van der Waals surface area contributed by atoms with Gasteiger partial charge in [0.25, 0.3) is 0 Å². The van der Waals surface area contributed by atoms with Crippen molar-refractivity contribution >= 4 is 5.97 Å². The van der Waals surface area contributed by atoms with Gasteiger partial charge in [0, 0.05) is 17.7 Å². The summed E-state index contributed by atoms with van der Waals surface area (Å²) in [6.45, 7) is 2.84. The summed E-state index contributed by atoms with van der Waals surface area (Å²) in [7, 11) is 1.61. The van der Waals surface area contributed by atoms with Crippen LogP contribution < -0.4 is 9.47 Å². The number of benzene rings is 1. The van der Waals surface area contributed by atoms with E-state index in [-0.39, 0.29) is 23.6 Å². The van der Waals surface area contributed by atoms with Gasteiger partial charge in [-0.05, 0) is 93.0 Å². The molecule has 1 unspecified atom stereocenters. The van der Waals surface area contributed by atoms with Crippen molar-refractivity contribution in [1.29, 1.82) is 0 Å². The van der Waals surface area contributed by atoms with Crippen molar-refractivity contribution in [2.75, 3.05) is 20.3 Å². The second-order valence-corrected chi connectivity index (χ2v) is 9.27. The highest BCUT2D eigenvalue weighted by Gasteiger charge is 2.35. The molecule has 1 aromatic heterocycles. The molecule has 0 amide bonds. The molecule has 4 rings (SSSR count). The molecule has 33 heavy (non-hydrogen) atoms. The van der Waals surface area contributed by atoms with Gasteiger partial charge in [0.2, 0.25) is 5.88 Å². The first-order valence-electron chi connectivity index (χ1n) is 12.2. The maximum atomic E-state index is 14.3. The fourth-order valence-corrected chi connectivity index (χ4v) is 4.93. The van der Waals surface area contributed by atoms with Gasteiger partial charge in [0.05, 0.1) is 26.7 Å². The predicted molar refractivity (Wildman–Crippen MR) is 124 cm³/mol. The van der Waals surface area contributed by atoms with E-state index >= 15 is 0 Å². The molecule has 0 aliphatic heterocycles. The number of aromatic nitrogens is 1. The molecule has 0 radical (unpaired) electrons. The Morgan fingerprint density at radius 2 is 1.91 bits per heavy atom. The van der Waals surface area contributed by atoms with Gasteiger partial charge in [-0.3, -0.25) is 4.79 Å². The van der Waals surface area contributed by atoms with Crippen LogP contribution in [0.15, 0.2) is 36.4 Å². The van der Waals surface area contributed by atoms with Gasteiger partial charge in [-0.25, -0.2) is 9.37 Å². The van der Waals surface area contributed by atoms with Crippen LogP contribution in [0.25, 0.3) is 0 Å². The zero-order valence-electron chi connectivity index (χ0n) is 19.6. The highest BCUT2D eigenvalue weighted by atomic mass is 19.1. The highest BCUT2D eigenvalue weighted by Crippen LogP contribution is 2.44. The molecule has 0 saturated heterocycles. The standard InChI is InChI=1S/C27H34FNO4/c1-3-32-27(30)16-23(20-11-12-20)25-5-4-6-26(29-25)33-17-18-7-9-19(10-8-18)22-15-21(31-2)13-14-24(22)28/h4-6,13-15,18-20,23H,3,7-12,16-17H2,1-2H3/t18-,19+,23?. The molecule has 1 atom stereocenters. The normalized spacial score (nSPS) is 21.3. The SMILES string of the molecule is CCOC(=O)CC(c1cccc(OC[C@H]2CC[C@@H](c3cc(OC)ccc3F)CC2)n1)C1CC1. The number of hydrogen-bond acceptors (Lipinski definition) is 5. The summed E-state index contributed by atoms with van der Waals surface area (Å²) in [4.78, 5) is 16.8. The Balaban J connectivity index is 1.31. The van der Waals surface area contributed by atoms with E-state index in [0.29, 0.717) is 43.1 Å². The Bertz CT molecular complexity index is 937. The lowest BCUT2D eigenvalue weighted by molar-refractivity contribution is -0.143. The minimum Gasteiger partial charge on any atom is -0.497 e. The third-order valence-corrected chi connectivity index (χ3v) is 6.96. The maximum absolute atomic E-state index is 14.3. The molecule has 2 aliphatic rings. The molecule has 0 spiro atoms. The lowest BCUT2D eigenvalue weighted by Crippen LogP contribution is -2.20. The lowest BCUT2D eigenvalue weighted by Gasteiger charge is -2.29. The Hall–Kier alpha value is -2.63. The summed E-state index contributed by atoms with van der Waals surface area (Å²) >= 11 is 0. The summed E-state index contributed by atoms with van der Waals surface area (Å²) < 4.78 is 30.8. The third-order valence-electron chi connectivity index (χ3n) is 6.96. The van der Waals surface area contributed by atoms with Crippen molar-refractivity contribution in [2.45, 2.75) is 63.7 Å². The van der Waals surface area contributed by atoms with Gasteiger partial charge in [-0.2, -0.15) is 0 Å². The minimum absolute atomic E-state index is 0.0980. The quantitative estimate of drug-likeness (QED) is 0.410. The number of carbonyl (C=O) groups is 1. The van der Waals surface area contributed by atoms with E-state index < -0.39 is 0 Å². The molecule has 0 bridgehead atoms. The molecule has 0 N–H and O–H groups in total. The van der Waals surface area contributed by atoms with Crippen LogP contribution >= 0.6 is 0 Å². The van der Waals surface area contributed by atoms with Crippen molar-refractivity contribution in [3.63, 3.8) is 0 Å². The molecule has 1 heterocycles. The Kier molecular flexibility index (Phi) is 7.84. The van der Waals surface area contributed by atoms with Crippen molar-refractivity contribution in [1.82, 2.24) is 4.98 Å². The van der Waals surface area contributed by atoms with Crippen LogP contribution in [0.3, 0.4) is 0 Å². The Morgan fingerprint density at radius 3 is 2.61 bits per heavy atom. The van der Waals surface area contributed by atoms with E-state index in [1.54, 1.807) is 13.2 Å². The second-order valence-electron chi connectivity index (χ2n) is 9.27. The fourth-order valence-electron chi connectivity index (χ4n) is 4.93. The van der Waals surface area contributed by atoms with Crippen LogP contribution in [0.1, 0.15) is 75.0 Å². The molecule has 2 saturated carbocycles. The minimum atomic E-state index is -0.160. The molecule has 5 nitrogen and oxygen atoms in total. The number of halogens is 1. The number of esters is 1. The summed E-state index contributed by atoms with van der Waals surface area (Å²) in [5.74, 6) is 2.26. The summed E-state index contributed by atoms with van der Waals surface area (Å²) in [5.41, 5.74) is 1.68. The largest absolute Gasteiger partial charge is 0.497 e. The fraction of sp³-hybridized carbons (Fsp3) is 0.556. The number of ether oxygens (including phenoxy) is 3. The first-order valence-corrected chi connectivity index (χ1v) is 12.2. The molecule has 6 heteroatoms. The number of methoxy groups -OCH3 is 1. The molecule has 2 aliphatic carbocycles. The number of hydrogen-bond donors (Lipinski definition) is 0. The van der Waals surface area contributed by atoms with Crippen molar-refractivity contribution < 1.29 is 23.4 Å². The average Bonchev–Trinajstić information content (AvgIpc) is 3.68. The van der Waals surface area contributed by atoms with E-state index in [2.05, 4.69) is 0 Å². The smallest absolute Gasteiger partial charge is 0.306 e. The lowest BCUT2D eigenvalue weighted by atomic mass is 9.79. The van der Waals surface area contributed by atoms with E-state index in [1.807, 2.05) is 31.2 Å². The zero-order valence-corrected chi connectivity index (χ0v) is 19.6. The van der Waals surface area contributed by atoms with Gasteiger partial charge in [-0.15, -0.1) is 0 Å². The summed E-state index contributed by atoms with van der Waals surface area (Å²) in [6, 6.07) is 10.8. The van der Waals surface area contributed by atoms with E-state index in [4.69, 9.17) is 19.2 Å². The summed E-state index contributed by atoms with van der Waals surface area (Å²) in [6.07, 6.45) is 6.51. The number of pyridine rings is 1. The number of rotatable bonds is 10. The van der Waals surface area contributed by atoms with Crippen molar-refractivity contribution in [3.8, 4) is 11.6 Å². The van der Waals surface area contributed by atoms with E-state index in [9.17, 15) is 9.18 Å². The monoisotopic (exact) mass is 455 g/mol. The molecule has 1 aromatic carbocycles. The molecular weight excluding hydrogens is 421 g/mol. The predicted octanol–water partition coefficient (Wildman–Crippen LogP) is 6.03. The van der Waals surface area contributed by atoms with Crippen LogP contribution in [0.5, 0.6) is 11.6 Å². The van der Waals surface area contributed by atoms with Gasteiger partial charge in [0.1, 0.15) is 11.6 Å². The Labute approximate surface area is 195 Å². The Morgan fingerprint density at radius 1 is 1.12 bits per heavy atom. The van der Waals surface area contributed by atoms with Crippen LogP contribution in [0.2, 0.25) is 0 Å². The van der Waals surface area contributed by atoms with Crippen molar-refractivity contribution in [3.05, 3.63) is 53.5 Å². The molecule has 178 valence electrons. The van der Waals surface area contributed by atoms with Gasteiger partial charge < -0.3 is 14.2 Å². The van der Waals surface area contributed by atoms with Gasteiger partial charge in [0.15, 0.2) is 0 Å². The summed E-state index contributed by atoms with van der Waals surface area (Å²) in [5, 5.41) is 0. The average molecular weight is 456 g/mol. The first-order chi connectivity index (χ1) is 16.1. The van der Waals surface area contributed by atoms with Crippen LogP contribution in [0, 0.1) is 17.7 Å². The molecular formula is C27H34FNO4. The third kappa shape index (κ3) is 6.24. The van der Waals surface area contributed by atoms with Crippen LogP contribution in [0.4, 0.5) is 4.39 Å². The number of nitrogens with zero attached hydrogens (tertiary/aromatic N) is 1. The van der Waals surface area contributed by atoms with Crippen molar-refractivity contribution in [2.24, 2.45) is 11.8 Å².